The number of amides is 1. The Morgan fingerprint density at radius 3 is 2.89 bits per heavy atom. The highest BCUT2D eigenvalue weighted by Gasteiger charge is 2.22. The van der Waals surface area contributed by atoms with Crippen molar-refractivity contribution >= 4 is 5.91 Å². The van der Waals surface area contributed by atoms with E-state index in [9.17, 15) is 4.79 Å². The Labute approximate surface area is 162 Å². The van der Waals surface area contributed by atoms with Crippen LogP contribution in [0.25, 0.3) is 0 Å². The molecular formula is C22H31N3O2. The van der Waals surface area contributed by atoms with E-state index >= 15 is 0 Å². The highest BCUT2D eigenvalue weighted by atomic mass is 16.5. The van der Waals surface area contributed by atoms with E-state index < -0.39 is 0 Å². The lowest BCUT2D eigenvalue weighted by Gasteiger charge is -2.25. The Bertz CT molecular complexity index is 797. The summed E-state index contributed by atoms with van der Waals surface area (Å²) in [5.74, 6) is -0.137. The van der Waals surface area contributed by atoms with Crippen molar-refractivity contribution in [2.75, 3.05) is 13.2 Å². The van der Waals surface area contributed by atoms with Gasteiger partial charge in [-0.3, -0.25) is 9.48 Å². The average molecular weight is 370 g/mol. The summed E-state index contributed by atoms with van der Waals surface area (Å²) in [6, 6.07) is 8.57. The fourth-order valence-corrected chi connectivity index (χ4v) is 4.09. The average Bonchev–Trinajstić information content (AvgIpc) is 2.92. The van der Waals surface area contributed by atoms with Gasteiger partial charge in [-0.2, -0.15) is 5.10 Å². The first kappa shape index (κ1) is 19.6. The van der Waals surface area contributed by atoms with E-state index in [0.29, 0.717) is 13.2 Å². The molecule has 0 spiro atoms. The quantitative estimate of drug-likeness (QED) is 0.757. The number of carbonyl (C=O) groups excluding carboxylic acids is 1. The van der Waals surface area contributed by atoms with Gasteiger partial charge in [0.2, 0.25) is 5.91 Å². The van der Waals surface area contributed by atoms with Crippen molar-refractivity contribution in [2.45, 2.75) is 58.5 Å². The molecule has 3 rings (SSSR count). The highest BCUT2D eigenvalue weighted by molar-refractivity contribution is 5.83. The molecule has 1 heterocycles. The third-order valence-electron chi connectivity index (χ3n) is 5.65. The normalized spacial score (nSPS) is 17.4. The topological polar surface area (TPSA) is 56.2 Å². The third kappa shape index (κ3) is 4.41. The van der Waals surface area contributed by atoms with Crippen molar-refractivity contribution in [3.05, 3.63) is 52.3 Å². The number of aromatic nitrogens is 2. The molecule has 1 aromatic carbocycles. The molecule has 2 atom stereocenters. The lowest BCUT2D eigenvalue weighted by molar-refractivity contribution is -0.122. The SMILES string of the molecule is Cc1nn(C)c(C)c1C(C)C(=O)NCCCOC1CCCc2ccccc21. The molecule has 0 radical (unpaired) electrons. The maximum atomic E-state index is 12.5. The standard InChI is InChI=1S/C22H31N3O2/c1-15(21-16(2)24-25(4)17(21)3)22(26)23-13-8-14-27-20-12-7-10-18-9-5-6-11-19(18)20/h5-6,9,11,15,20H,7-8,10,12-14H2,1-4H3,(H,23,26). The van der Waals surface area contributed by atoms with Crippen LogP contribution in [0.3, 0.4) is 0 Å². The Balaban J connectivity index is 1.44. The van der Waals surface area contributed by atoms with Crippen LogP contribution in [0.5, 0.6) is 0 Å². The summed E-state index contributed by atoms with van der Waals surface area (Å²) in [4.78, 5) is 12.5. The molecule has 5 nitrogen and oxygen atoms in total. The van der Waals surface area contributed by atoms with E-state index in [1.54, 1.807) is 0 Å². The maximum Gasteiger partial charge on any atom is 0.227 e. The van der Waals surface area contributed by atoms with Crippen LogP contribution in [0.4, 0.5) is 0 Å². The molecule has 27 heavy (non-hydrogen) atoms. The van der Waals surface area contributed by atoms with Gasteiger partial charge in [0.1, 0.15) is 0 Å². The van der Waals surface area contributed by atoms with Crippen molar-refractivity contribution in [1.82, 2.24) is 15.1 Å². The summed E-state index contributed by atoms with van der Waals surface area (Å²) < 4.78 is 7.95. The molecule has 1 aliphatic rings. The summed E-state index contributed by atoms with van der Waals surface area (Å²) in [6.45, 7) is 7.22. The molecule has 0 aliphatic heterocycles. The fourth-order valence-electron chi connectivity index (χ4n) is 4.09. The van der Waals surface area contributed by atoms with Crippen molar-refractivity contribution in [2.24, 2.45) is 7.05 Å². The zero-order valence-corrected chi connectivity index (χ0v) is 16.9. The molecule has 1 amide bonds. The number of ether oxygens (including phenoxy) is 1. The molecule has 2 aromatic rings. The molecule has 1 N–H and O–H groups in total. The monoisotopic (exact) mass is 369 g/mol. The van der Waals surface area contributed by atoms with Crippen molar-refractivity contribution in [3.63, 3.8) is 0 Å². The van der Waals surface area contributed by atoms with Crippen LogP contribution in [0.2, 0.25) is 0 Å². The number of fused-ring (bicyclic) bond motifs is 1. The molecule has 0 bridgehead atoms. The zero-order chi connectivity index (χ0) is 19.4. The number of nitrogens with zero attached hydrogens (tertiary/aromatic N) is 2. The zero-order valence-electron chi connectivity index (χ0n) is 16.9. The first-order chi connectivity index (χ1) is 13.0. The smallest absolute Gasteiger partial charge is 0.227 e. The second kappa shape index (κ2) is 8.70. The predicted octanol–water partition coefficient (Wildman–Crippen LogP) is 3.74. The molecule has 2 unspecified atom stereocenters. The first-order valence-corrected chi connectivity index (χ1v) is 9.96. The van der Waals surface area contributed by atoms with Gasteiger partial charge in [-0.25, -0.2) is 0 Å². The van der Waals surface area contributed by atoms with Gasteiger partial charge in [0, 0.05) is 31.5 Å². The van der Waals surface area contributed by atoms with Gasteiger partial charge in [-0.1, -0.05) is 24.3 Å². The number of nitrogens with one attached hydrogen (secondary N) is 1. The highest BCUT2D eigenvalue weighted by Crippen LogP contribution is 2.32. The van der Waals surface area contributed by atoms with E-state index in [1.165, 1.54) is 17.5 Å². The second-order valence-electron chi connectivity index (χ2n) is 7.52. The summed E-state index contributed by atoms with van der Waals surface area (Å²) >= 11 is 0. The second-order valence-corrected chi connectivity index (χ2v) is 7.52. The molecular weight excluding hydrogens is 338 g/mol. The van der Waals surface area contributed by atoms with Crippen LogP contribution >= 0.6 is 0 Å². The fraction of sp³-hybridized carbons (Fsp3) is 0.545. The van der Waals surface area contributed by atoms with Gasteiger partial charge in [-0.05, 0) is 57.6 Å². The third-order valence-corrected chi connectivity index (χ3v) is 5.65. The first-order valence-electron chi connectivity index (χ1n) is 9.96. The largest absolute Gasteiger partial charge is 0.373 e. The summed E-state index contributed by atoms with van der Waals surface area (Å²) in [5, 5.41) is 7.46. The molecule has 0 saturated carbocycles. The van der Waals surface area contributed by atoms with Crippen molar-refractivity contribution < 1.29 is 9.53 Å². The van der Waals surface area contributed by atoms with E-state index in [0.717, 1.165) is 36.2 Å². The molecule has 5 heteroatoms. The number of hydrogen-bond acceptors (Lipinski definition) is 3. The maximum absolute atomic E-state index is 12.5. The van der Waals surface area contributed by atoms with Gasteiger partial charge in [0.05, 0.1) is 17.7 Å². The van der Waals surface area contributed by atoms with Crippen LogP contribution < -0.4 is 5.32 Å². The van der Waals surface area contributed by atoms with Crippen LogP contribution in [0.1, 0.15) is 66.3 Å². The minimum atomic E-state index is -0.190. The van der Waals surface area contributed by atoms with Crippen LogP contribution in [0.15, 0.2) is 24.3 Å². The lowest BCUT2D eigenvalue weighted by Crippen LogP contribution is -2.30. The summed E-state index contributed by atoms with van der Waals surface area (Å²) in [6.07, 6.45) is 4.43. The van der Waals surface area contributed by atoms with Gasteiger partial charge < -0.3 is 10.1 Å². The van der Waals surface area contributed by atoms with Gasteiger partial charge in [0.15, 0.2) is 0 Å². The number of rotatable bonds is 7. The van der Waals surface area contributed by atoms with Gasteiger partial charge in [0.25, 0.3) is 0 Å². The number of hydrogen-bond donors (Lipinski definition) is 1. The summed E-state index contributed by atoms with van der Waals surface area (Å²) in [5.41, 5.74) is 5.76. The molecule has 0 saturated heterocycles. The predicted molar refractivity (Wildman–Crippen MR) is 107 cm³/mol. The van der Waals surface area contributed by atoms with Crippen molar-refractivity contribution in [3.8, 4) is 0 Å². The molecule has 1 aromatic heterocycles. The molecule has 0 fully saturated rings. The number of benzene rings is 1. The Hall–Kier alpha value is -2.14. The van der Waals surface area contributed by atoms with Gasteiger partial charge >= 0.3 is 0 Å². The minimum absolute atomic E-state index is 0.0530. The van der Waals surface area contributed by atoms with Crippen LogP contribution in [-0.4, -0.2) is 28.8 Å². The van der Waals surface area contributed by atoms with Crippen LogP contribution in [0, 0.1) is 13.8 Å². The van der Waals surface area contributed by atoms with E-state index in [-0.39, 0.29) is 17.9 Å². The lowest BCUT2D eigenvalue weighted by atomic mass is 9.89. The minimum Gasteiger partial charge on any atom is -0.373 e. The Morgan fingerprint density at radius 2 is 2.15 bits per heavy atom. The molecule has 1 aliphatic carbocycles. The Kier molecular flexibility index (Phi) is 6.32. The van der Waals surface area contributed by atoms with Gasteiger partial charge in [-0.15, -0.1) is 0 Å². The van der Waals surface area contributed by atoms with E-state index in [4.69, 9.17) is 4.74 Å². The number of aryl methyl sites for hydroxylation is 3. The van der Waals surface area contributed by atoms with E-state index in [2.05, 4.69) is 34.7 Å². The summed E-state index contributed by atoms with van der Waals surface area (Å²) in [7, 11) is 1.91. The Morgan fingerprint density at radius 1 is 1.37 bits per heavy atom. The number of carbonyl (C=O) groups is 1. The molecule has 146 valence electrons. The van der Waals surface area contributed by atoms with Crippen molar-refractivity contribution in [1.29, 1.82) is 0 Å². The van der Waals surface area contributed by atoms with E-state index in [1.807, 2.05) is 32.5 Å². The van der Waals surface area contributed by atoms with Crippen LogP contribution in [-0.2, 0) is 23.0 Å².